The largest absolute Gasteiger partial charge is 0.357 e. The predicted molar refractivity (Wildman–Crippen MR) is 98.8 cm³/mol. The maximum absolute atomic E-state index is 11.5. The van der Waals surface area contributed by atoms with Crippen molar-refractivity contribution >= 4 is 27.3 Å². The highest BCUT2D eigenvalue weighted by Gasteiger charge is 2.24. The monoisotopic (exact) mass is 373 g/mol. The van der Waals surface area contributed by atoms with Crippen LogP contribution in [0.3, 0.4) is 0 Å². The first kappa shape index (κ1) is 19.1. The molecule has 9 heteroatoms. The van der Waals surface area contributed by atoms with Gasteiger partial charge in [-0.2, -0.15) is 0 Å². The minimum absolute atomic E-state index is 0.467. The Bertz CT molecular complexity index is 649. The summed E-state index contributed by atoms with van der Waals surface area (Å²) in [7, 11) is -3.06. The van der Waals surface area contributed by atoms with Gasteiger partial charge >= 0.3 is 0 Å². The Morgan fingerprint density at radius 3 is 2.67 bits per heavy atom. The van der Waals surface area contributed by atoms with Crippen LogP contribution in [0.2, 0.25) is 0 Å². The van der Waals surface area contributed by atoms with Gasteiger partial charge in [-0.15, -0.1) is 11.3 Å². The van der Waals surface area contributed by atoms with Crippen LogP contribution in [0.15, 0.2) is 11.2 Å². The van der Waals surface area contributed by atoms with Crippen LogP contribution in [-0.4, -0.2) is 56.1 Å². The van der Waals surface area contributed by atoms with Crippen LogP contribution in [-0.2, 0) is 16.6 Å². The Morgan fingerprint density at radius 2 is 2.12 bits per heavy atom. The van der Waals surface area contributed by atoms with E-state index in [4.69, 9.17) is 0 Å². The van der Waals surface area contributed by atoms with Crippen molar-refractivity contribution in [3.05, 3.63) is 16.1 Å². The first-order valence-electron chi connectivity index (χ1n) is 8.27. The number of aliphatic imine (C=N–C) groups is 1. The number of guanidine groups is 1. The molecular weight excluding hydrogens is 346 g/mol. The molecule has 1 aromatic heterocycles. The number of hydrogen-bond donors (Lipinski definition) is 2. The predicted octanol–water partition coefficient (Wildman–Crippen LogP) is 1.18. The summed E-state index contributed by atoms with van der Waals surface area (Å²) in [5, 5.41) is 7.62. The van der Waals surface area contributed by atoms with Crippen LogP contribution in [0.1, 0.15) is 29.7 Å². The Balaban J connectivity index is 1.81. The third-order valence-corrected chi connectivity index (χ3v) is 6.19. The minimum Gasteiger partial charge on any atom is -0.357 e. The lowest BCUT2D eigenvalue weighted by molar-refractivity contribution is 0.275. The zero-order valence-corrected chi connectivity index (χ0v) is 16.2. The Labute approximate surface area is 148 Å². The molecule has 0 bridgehead atoms. The van der Waals surface area contributed by atoms with Gasteiger partial charge in [-0.1, -0.05) is 0 Å². The lowest BCUT2D eigenvalue weighted by Crippen LogP contribution is -2.44. The molecule has 1 fully saturated rings. The molecular formula is C15H27N5O2S2. The van der Waals surface area contributed by atoms with Gasteiger partial charge in [0.2, 0.25) is 10.0 Å². The van der Waals surface area contributed by atoms with Gasteiger partial charge < -0.3 is 10.6 Å². The molecule has 0 unspecified atom stereocenters. The molecule has 2 heterocycles. The summed E-state index contributed by atoms with van der Waals surface area (Å²) in [5.41, 5.74) is 0. The topological polar surface area (TPSA) is 86.7 Å². The highest BCUT2D eigenvalue weighted by molar-refractivity contribution is 7.88. The van der Waals surface area contributed by atoms with Crippen LogP contribution in [0.25, 0.3) is 0 Å². The molecule has 0 aromatic carbocycles. The summed E-state index contributed by atoms with van der Waals surface area (Å²) in [5.74, 6) is 1.25. The maximum Gasteiger partial charge on any atom is 0.211 e. The number of aryl methyl sites for hydroxylation is 1. The second-order valence-corrected chi connectivity index (χ2v) is 9.35. The molecule has 0 saturated carbocycles. The van der Waals surface area contributed by atoms with Crippen molar-refractivity contribution in [2.24, 2.45) is 10.9 Å². The van der Waals surface area contributed by atoms with Crippen molar-refractivity contribution in [3.8, 4) is 0 Å². The molecule has 7 nitrogen and oxygen atoms in total. The van der Waals surface area contributed by atoms with Gasteiger partial charge in [-0.25, -0.2) is 22.7 Å². The standard InChI is InChI=1S/C15H27N5O2S2/c1-4-16-15(19-11-14-17-9-12(2)23-14)18-10-13-5-7-20(8-6-13)24(3,21)22/h9,13H,4-8,10-11H2,1-3H3,(H2,16,18,19). The summed E-state index contributed by atoms with van der Waals surface area (Å²) in [6.45, 7) is 7.47. The van der Waals surface area contributed by atoms with Gasteiger partial charge in [-0.05, 0) is 32.6 Å². The van der Waals surface area contributed by atoms with E-state index in [1.165, 1.54) is 11.1 Å². The van der Waals surface area contributed by atoms with Crippen molar-refractivity contribution < 1.29 is 8.42 Å². The van der Waals surface area contributed by atoms with E-state index in [9.17, 15) is 8.42 Å². The quantitative estimate of drug-likeness (QED) is 0.578. The summed E-state index contributed by atoms with van der Waals surface area (Å²) < 4.78 is 24.6. The minimum atomic E-state index is -3.06. The van der Waals surface area contributed by atoms with Crippen molar-refractivity contribution in [1.82, 2.24) is 19.9 Å². The normalized spacial score (nSPS) is 17.9. The Kier molecular flexibility index (Phi) is 7.00. The van der Waals surface area contributed by atoms with Gasteiger partial charge in [0, 0.05) is 37.3 Å². The van der Waals surface area contributed by atoms with Crippen LogP contribution in [0, 0.1) is 12.8 Å². The van der Waals surface area contributed by atoms with Crippen molar-refractivity contribution in [2.75, 3.05) is 32.4 Å². The number of rotatable bonds is 6. The number of nitrogens with zero attached hydrogens (tertiary/aromatic N) is 3. The lowest BCUT2D eigenvalue weighted by atomic mass is 9.98. The molecule has 1 aliphatic heterocycles. The van der Waals surface area contributed by atoms with Crippen LogP contribution < -0.4 is 10.6 Å². The van der Waals surface area contributed by atoms with E-state index in [0.717, 1.165) is 36.9 Å². The van der Waals surface area contributed by atoms with Crippen LogP contribution in [0.5, 0.6) is 0 Å². The molecule has 136 valence electrons. The van der Waals surface area contributed by atoms with Crippen LogP contribution >= 0.6 is 11.3 Å². The first-order chi connectivity index (χ1) is 11.4. The Hall–Kier alpha value is -1.19. The summed E-state index contributed by atoms with van der Waals surface area (Å²) in [6, 6.07) is 0. The van der Waals surface area contributed by atoms with Crippen molar-refractivity contribution in [2.45, 2.75) is 33.2 Å². The average Bonchev–Trinajstić information content (AvgIpc) is 2.95. The van der Waals surface area contributed by atoms with E-state index in [1.54, 1.807) is 15.6 Å². The Morgan fingerprint density at radius 1 is 1.42 bits per heavy atom. The van der Waals surface area contributed by atoms with E-state index in [2.05, 4.69) is 20.6 Å². The van der Waals surface area contributed by atoms with Gasteiger partial charge in [-0.3, -0.25) is 0 Å². The van der Waals surface area contributed by atoms with Crippen molar-refractivity contribution in [1.29, 1.82) is 0 Å². The highest BCUT2D eigenvalue weighted by Crippen LogP contribution is 2.18. The number of thiazole rings is 1. The SMILES string of the molecule is CCNC(=NCc1ncc(C)s1)NCC1CCN(S(C)(=O)=O)CC1. The summed E-state index contributed by atoms with van der Waals surface area (Å²) >= 11 is 1.66. The number of hydrogen-bond acceptors (Lipinski definition) is 5. The molecule has 2 N–H and O–H groups in total. The summed E-state index contributed by atoms with van der Waals surface area (Å²) in [4.78, 5) is 10.1. The zero-order valence-electron chi connectivity index (χ0n) is 14.6. The fourth-order valence-corrected chi connectivity index (χ4v) is 4.23. The highest BCUT2D eigenvalue weighted by atomic mass is 32.2. The molecule has 0 radical (unpaired) electrons. The van der Waals surface area contributed by atoms with E-state index < -0.39 is 10.0 Å². The van der Waals surface area contributed by atoms with Gasteiger partial charge in [0.25, 0.3) is 0 Å². The van der Waals surface area contributed by atoms with E-state index >= 15 is 0 Å². The van der Waals surface area contributed by atoms with Gasteiger partial charge in [0.05, 0.1) is 12.8 Å². The number of aromatic nitrogens is 1. The second-order valence-electron chi connectivity index (χ2n) is 6.05. The van der Waals surface area contributed by atoms with E-state index in [1.807, 2.05) is 20.0 Å². The molecule has 0 amide bonds. The third-order valence-electron chi connectivity index (χ3n) is 3.99. The molecule has 2 rings (SSSR count). The number of sulfonamides is 1. The molecule has 0 atom stereocenters. The molecule has 0 spiro atoms. The second kappa shape index (κ2) is 8.77. The molecule has 1 aromatic rings. The van der Waals surface area contributed by atoms with E-state index in [-0.39, 0.29) is 0 Å². The summed E-state index contributed by atoms with van der Waals surface area (Å²) in [6.07, 6.45) is 4.91. The van der Waals surface area contributed by atoms with Gasteiger partial charge in [0.15, 0.2) is 5.96 Å². The maximum atomic E-state index is 11.5. The fraction of sp³-hybridized carbons (Fsp3) is 0.733. The van der Waals surface area contributed by atoms with Gasteiger partial charge in [0.1, 0.15) is 5.01 Å². The number of nitrogens with one attached hydrogen (secondary N) is 2. The molecule has 24 heavy (non-hydrogen) atoms. The fourth-order valence-electron chi connectivity index (χ4n) is 2.65. The molecule has 1 aliphatic rings. The average molecular weight is 374 g/mol. The van der Waals surface area contributed by atoms with Crippen LogP contribution in [0.4, 0.5) is 0 Å². The van der Waals surface area contributed by atoms with E-state index in [0.29, 0.717) is 25.6 Å². The first-order valence-corrected chi connectivity index (χ1v) is 10.9. The lowest BCUT2D eigenvalue weighted by Gasteiger charge is -2.30. The smallest absolute Gasteiger partial charge is 0.211 e. The van der Waals surface area contributed by atoms with Crippen molar-refractivity contribution in [3.63, 3.8) is 0 Å². The third kappa shape index (κ3) is 6.03. The molecule has 0 aliphatic carbocycles. The zero-order chi connectivity index (χ0) is 17.6. The number of piperidine rings is 1. The molecule has 1 saturated heterocycles.